The zero-order valence-electron chi connectivity index (χ0n) is 9.96. The van der Waals surface area contributed by atoms with Crippen molar-refractivity contribution in [1.82, 2.24) is 0 Å². The van der Waals surface area contributed by atoms with Crippen LogP contribution in [0.4, 0.5) is 0 Å². The van der Waals surface area contributed by atoms with Gasteiger partial charge in [-0.25, -0.2) is 0 Å². The van der Waals surface area contributed by atoms with E-state index >= 15 is 0 Å². The van der Waals surface area contributed by atoms with Gasteiger partial charge < -0.3 is 5.73 Å². The summed E-state index contributed by atoms with van der Waals surface area (Å²) in [4.78, 5) is 14.0. The summed E-state index contributed by atoms with van der Waals surface area (Å²) in [6.45, 7) is 0. The fourth-order valence-corrected chi connectivity index (χ4v) is 2.55. The summed E-state index contributed by atoms with van der Waals surface area (Å²) in [5, 5.41) is 0. The van der Waals surface area contributed by atoms with E-state index in [0.29, 0.717) is 5.56 Å². The molecule has 0 spiro atoms. The van der Waals surface area contributed by atoms with Gasteiger partial charge in [0.25, 0.3) is 0 Å². The van der Waals surface area contributed by atoms with Crippen molar-refractivity contribution in [3.8, 4) is 0 Å². The van der Waals surface area contributed by atoms with E-state index in [1.165, 1.54) is 0 Å². The van der Waals surface area contributed by atoms with Gasteiger partial charge >= 0.3 is 29.6 Å². The molecule has 1 amide bonds. The molecule has 0 unspecified atom stereocenters. The van der Waals surface area contributed by atoms with Crippen LogP contribution in [0.3, 0.4) is 0 Å². The average molecular weight is 284 g/mol. The van der Waals surface area contributed by atoms with Crippen LogP contribution in [0.2, 0.25) is 0 Å². The third-order valence-corrected chi connectivity index (χ3v) is 3.82. The Balaban J connectivity index is 0.00000162. The third kappa shape index (κ3) is 4.07. The first kappa shape index (κ1) is 15.7. The second-order valence-electron chi connectivity index (χ2n) is 3.46. The Morgan fingerprint density at radius 3 is 2.39 bits per heavy atom. The molecule has 0 saturated heterocycles. The number of rotatable bonds is 3. The van der Waals surface area contributed by atoms with Crippen LogP contribution in [0, 0.1) is 0 Å². The molecule has 0 atom stereocenters. The van der Waals surface area contributed by atoms with Crippen molar-refractivity contribution < 1.29 is 34.4 Å². The van der Waals surface area contributed by atoms with Crippen LogP contribution in [0.1, 0.15) is 10.4 Å². The molecule has 0 radical (unpaired) electrons. The normalized spacial score (nSPS) is 9.61. The summed E-state index contributed by atoms with van der Waals surface area (Å²) < 4.78 is 0. The van der Waals surface area contributed by atoms with Crippen molar-refractivity contribution >= 4 is 30.3 Å². The number of primary amides is 1. The fourth-order valence-electron chi connectivity index (χ4n) is 1.36. The summed E-state index contributed by atoms with van der Waals surface area (Å²) in [5.74, 6) is -0.423. The van der Waals surface area contributed by atoms with Crippen LogP contribution in [-0.2, 0) is 0 Å². The summed E-state index contributed by atoms with van der Waals surface area (Å²) in [6.07, 6.45) is 0. The van der Waals surface area contributed by atoms with E-state index < -0.39 is 5.91 Å². The maximum atomic E-state index is 11.1. The van der Waals surface area contributed by atoms with Gasteiger partial charge in [-0.05, 0) is 30.3 Å². The quantitative estimate of drug-likeness (QED) is 0.626. The molecule has 2 aromatic carbocycles. The van der Waals surface area contributed by atoms with Crippen molar-refractivity contribution in [3.05, 3.63) is 54.1 Å². The Labute approximate surface area is 138 Å². The molecule has 0 bridgehead atoms. The molecular formula is C13H11NNaOS2+. The minimum Gasteiger partial charge on any atom is -0.366 e. The minimum absolute atomic E-state index is 0. The molecule has 2 aromatic rings. The van der Waals surface area contributed by atoms with E-state index in [1.807, 2.05) is 30.3 Å². The number of nitrogens with two attached hydrogens (primary N) is 1. The summed E-state index contributed by atoms with van der Waals surface area (Å²) in [6, 6.07) is 15.2. The topological polar surface area (TPSA) is 43.1 Å². The maximum absolute atomic E-state index is 11.1. The van der Waals surface area contributed by atoms with Crippen LogP contribution in [0.15, 0.2) is 63.2 Å². The van der Waals surface area contributed by atoms with Crippen molar-refractivity contribution in [1.29, 1.82) is 0 Å². The van der Waals surface area contributed by atoms with Crippen LogP contribution >= 0.6 is 24.4 Å². The standard InChI is InChI=1S/C13H11NOS2.Na/c14-13(15)9-6-7-11(16)12(8-9)17-10-4-2-1-3-5-10;/h1-8,16H,(H2,14,15);/q;+1. The fraction of sp³-hybridized carbons (Fsp3) is 0. The predicted octanol–water partition coefficient (Wildman–Crippen LogP) is 0.229. The van der Waals surface area contributed by atoms with E-state index in [4.69, 9.17) is 5.73 Å². The molecule has 86 valence electrons. The molecule has 5 heteroatoms. The van der Waals surface area contributed by atoms with Gasteiger partial charge in [0.05, 0.1) is 0 Å². The molecule has 2 N–H and O–H groups in total. The Kier molecular flexibility index (Phi) is 6.32. The molecule has 2 rings (SSSR count). The molecule has 0 heterocycles. The van der Waals surface area contributed by atoms with Gasteiger partial charge in [-0.2, -0.15) is 0 Å². The zero-order valence-corrected chi connectivity index (χ0v) is 13.7. The van der Waals surface area contributed by atoms with Gasteiger partial charge in [-0.15, -0.1) is 12.6 Å². The monoisotopic (exact) mass is 284 g/mol. The van der Waals surface area contributed by atoms with Crippen LogP contribution in [0.5, 0.6) is 0 Å². The van der Waals surface area contributed by atoms with Crippen LogP contribution in [-0.4, -0.2) is 5.91 Å². The molecule has 0 saturated carbocycles. The van der Waals surface area contributed by atoms with Gasteiger partial charge in [0.2, 0.25) is 5.91 Å². The zero-order chi connectivity index (χ0) is 12.3. The number of hydrogen-bond acceptors (Lipinski definition) is 3. The first-order valence-electron chi connectivity index (χ1n) is 5.02. The molecule has 0 aliphatic carbocycles. The van der Waals surface area contributed by atoms with Gasteiger partial charge in [-0.3, -0.25) is 4.79 Å². The van der Waals surface area contributed by atoms with Crippen molar-refractivity contribution in [2.45, 2.75) is 14.7 Å². The van der Waals surface area contributed by atoms with E-state index in [-0.39, 0.29) is 29.6 Å². The average Bonchev–Trinajstić information content (AvgIpc) is 2.33. The molecule has 0 fully saturated rings. The summed E-state index contributed by atoms with van der Waals surface area (Å²) >= 11 is 5.93. The van der Waals surface area contributed by atoms with Crippen molar-refractivity contribution in [2.24, 2.45) is 5.73 Å². The largest absolute Gasteiger partial charge is 1.00 e. The van der Waals surface area contributed by atoms with E-state index in [9.17, 15) is 4.79 Å². The van der Waals surface area contributed by atoms with Gasteiger partial charge in [-0.1, -0.05) is 30.0 Å². The maximum Gasteiger partial charge on any atom is 1.00 e. The predicted molar refractivity (Wildman–Crippen MR) is 72.8 cm³/mol. The summed E-state index contributed by atoms with van der Waals surface area (Å²) in [5.41, 5.74) is 5.75. The van der Waals surface area contributed by atoms with Gasteiger partial charge in [0.15, 0.2) is 0 Å². The number of carbonyl (C=O) groups excluding carboxylic acids is 1. The number of carbonyl (C=O) groups is 1. The number of thiol groups is 1. The number of amides is 1. The van der Waals surface area contributed by atoms with Crippen molar-refractivity contribution in [2.75, 3.05) is 0 Å². The molecule has 0 aliphatic heterocycles. The van der Waals surface area contributed by atoms with Crippen molar-refractivity contribution in [3.63, 3.8) is 0 Å². The molecule has 0 aliphatic rings. The summed E-state index contributed by atoms with van der Waals surface area (Å²) in [7, 11) is 0. The first-order chi connectivity index (χ1) is 8.16. The number of benzene rings is 2. The van der Waals surface area contributed by atoms with Gasteiger partial charge in [0, 0.05) is 20.2 Å². The Hall–Kier alpha value is -0.390. The second kappa shape index (κ2) is 7.26. The van der Waals surface area contributed by atoms with Crippen LogP contribution < -0.4 is 35.3 Å². The van der Waals surface area contributed by atoms with Gasteiger partial charge in [0.1, 0.15) is 0 Å². The van der Waals surface area contributed by atoms with E-state index in [2.05, 4.69) is 12.6 Å². The van der Waals surface area contributed by atoms with E-state index in [1.54, 1.807) is 30.0 Å². The van der Waals surface area contributed by atoms with E-state index in [0.717, 1.165) is 14.7 Å². The smallest absolute Gasteiger partial charge is 0.366 e. The molecule has 0 aromatic heterocycles. The molecular weight excluding hydrogens is 273 g/mol. The molecule has 18 heavy (non-hydrogen) atoms. The Morgan fingerprint density at radius 1 is 1.11 bits per heavy atom. The Morgan fingerprint density at radius 2 is 1.78 bits per heavy atom. The SMILES string of the molecule is NC(=O)c1ccc(S)c(Sc2ccccc2)c1.[Na+]. The number of hydrogen-bond donors (Lipinski definition) is 2. The second-order valence-corrected chi connectivity index (χ2v) is 5.06. The molecule has 2 nitrogen and oxygen atoms in total. The first-order valence-corrected chi connectivity index (χ1v) is 6.29. The third-order valence-electron chi connectivity index (χ3n) is 2.22. The van der Waals surface area contributed by atoms with Crippen LogP contribution in [0.25, 0.3) is 0 Å². The minimum atomic E-state index is -0.423. The Bertz CT molecular complexity index is 546.